The first-order valence-corrected chi connectivity index (χ1v) is 7.91. The van der Waals surface area contributed by atoms with Gasteiger partial charge in [-0.2, -0.15) is 0 Å². The number of ether oxygens (including phenoxy) is 1. The maximum absolute atomic E-state index is 13.8. The zero-order valence-electron chi connectivity index (χ0n) is 14.6. The number of primary amides is 1. The van der Waals surface area contributed by atoms with Gasteiger partial charge in [-0.3, -0.25) is 19.2 Å². The molecule has 142 valence electrons. The first kappa shape index (κ1) is 21.1. The van der Waals surface area contributed by atoms with Crippen LogP contribution in [0, 0.1) is 5.82 Å². The van der Waals surface area contributed by atoms with Crippen molar-refractivity contribution < 1.29 is 28.3 Å². The van der Waals surface area contributed by atoms with Gasteiger partial charge in [0.1, 0.15) is 17.9 Å². The number of hydrogen-bond donors (Lipinski definition) is 3. The molecular weight excluding hydrogens is 345 g/mol. The predicted octanol–water partition coefficient (Wildman–Crippen LogP) is -0.204. The van der Waals surface area contributed by atoms with Crippen LogP contribution in [0.15, 0.2) is 24.3 Å². The van der Waals surface area contributed by atoms with Gasteiger partial charge in [-0.25, -0.2) is 4.39 Å². The fourth-order valence-electron chi connectivity index (χ4n) is 2.26. The van der Waals surface area contributed by atoms with Crippen LogP contribution in [0.3, 0.4) is 0 Å². The van der Waals surface area contributed by atoms with Crippen molar-refractivity contribution in [3.63, 3.8) is 0 Å². The molecule has 0 spiro atoms. The summed E-state index contributed by atoms with van der Waals surface area (Å²) in [4.78, 5) is 46.5. The van der Waals surface area contributed by atoms with Crippen molar-refractivity contribution in [2.45, 2.75) is 38.3 Å². The fourth-order valence-corrected chi connectivity index (χ4v) is 2.26. The van der Waals surface area contributed by atoms with Crippen LogP contribution < -0.4 is 16.4 Å². The van der Waals surface area contributed by atoms with Gasteiger partial charge in [0.25, 0.3) is 0 Å². The lowest BCUT2D eigenvalue weighted by Gasteiger charge is -2.21. The van der Waals surface area contributed by atoms with Crippen molar-refractivity contribution in [3.8, 4) is 0 Å². The number of methoxy groups -OCH3 is 1. The molecule has 9 heteroatoms. The van der Waals surface area contributed by atoms with Gasteiger partial charge in [0, 0.05) is 19.8 Å². The minimum atomic E-state index is -1.13. The standard InChI is InChI=1S/C17H22FN3O5/c1-10(22)20-14(9-11-5-3-4-6-12(11)18)17(25)21-13(16(19)24)7-8-15(23)26-2/h3-6,13-14H,7-9H2,1-2H3,(H2,19,24)(H,20,22)(H,21,25)/t13-,14-/m1/s1. The molecule has 0 unspecified atom stereocenters. The minimum Gasteiger partial charge on any atom is -0.469 e. The molecule has 1 aromatic rings. The zero-order valence-corrected chi connectivity index (χ0v) is 14.6. The third-order valence-corrected chi connectivity index (χ3v) is 3.60. The summed E-state index contributed by atoms with van der Waals surface area (Å²) in [5.74, 6) is -3.12. The molecule has 0 heterocycles. The first-order valence-electron chi connectivity index (χ1n) is 7.91. The number of benzene rings is 1. The SMILES string of the molecule is COC(=O)CC[C@@H](NC(=O)[C@@H](Cc1ccccc1F)NC(C)=O)C(N)=O. The normalized spacial score (nSPS) is 12.6. The Morgan fingerprint density at radius 1 is 1.15 bits per heavy atom. The van der Waals surface area contributed by atoms with Gasteiger partial charge in [-0.05, 0) is 18.1 Å². The average molecular weight is 367 g/mol. The molecule has 2 atom stereocenters. The summed E-state index contributed by atoms with van der Waals surface area (Å²) in [6.45, 7) is 1.21. The highest BCUT2D eigenvalue weighted by Gasteiger charge is 2.26. The van der Waals surface area contributed by atoms with E-state index in [1.165, 1.54) is 32.2 Å². The van der Waals surface area contributed by atoms with Crippen molar-refractivity contribution in [3.05, 3.63) is 35.6 Å². The maximum atomic E-state index is 13.8. The van der Waals surface area contributed by atoms with Crippen LogP contribution in [0.1, 0.15) is 25.3 Å². The quantitative estimate of drug-likeness (QED) is 0.521. The lowest BCUT2D eigenvalue weighted by Crippen LogP contribution is -2.53. The molecule has 0 radical (unpaired) electrons. The number of carbonyl (C=O) groups excluding carboxylic acids is 4. The number of hydrogen-bond acceptors (Lipinski definition) is 5. The summed E-state index contributed by atoms with van der Waals surface area (Å²) in [6, 6.07) is 3.59. The molecule has 0 saturated carbocycles. The molecular formula is C17H22FN3O5. The summed E-state index contributed by atoms with van der Waals surface area (Å²) in [5.41, 5.74) is 5.47. The highest BCUT2D eigenvalue weighted by Crippen LogP contribution is 2.10. The number of amides is 3. The molecule has 8 nitrogen and oxygen atoms in total. The molecule has 0 bridgehead atoms. The van der Waals surface area contributed by atoms with Gasteiger partial charge in [-0.15, -0.1) is 0 Å². The Morgan fingerprint density at radius 3 is 2.35 bits per heavy atom. The van der Waals surface area contributed by atoms with Crippen LogP contribution >= 0.6 is 0 Å². The second kappa shape index (κ2) is 10.1. The summed E-state index contributed by atoms with van der Waals surface area (Å²) in [5, 5.41) is 4.80. The largest absolute Gasteiger partial charge is 0.469 e. The summed E-state index contributed by atoms with van der Waals surface area (Å²) in [6.07, 6.45) is -0.288. The van der Waals surface area contributed by atoms with Crippen LogP contribution in [-0.4, -0.2) is 42.9 Å². The summed E-state index contributed by atoms with van der Waals surface area (Å²) >= 11 is 0. The van der Waals surface area contributed by atoms with E-state index in [0.29, 0.717) is 0 Å². The van der Waals surface area contributed by atoms with Gasteiger partial charge >= 0.3 is 5.97 Å². The van der Waals surface area contributed by atoms with Crippen molar-refractivity contribution in [1.82, 2.24) is 10.6 Å². The molecule has 1 rings (SSSR count). The smallest absolute Gasteiger partial charge is 0.305 e. The minimum absolute atomic E-state index is 0.0553. The molecule has 1 aromatic carbocycles. The Hall–Kier alpha value is -2.97. The van der Waals surface area contributed by atoms with E-state index in [4.69, 9.17) is 5.73 Å². The second-order valence-corrected chi connectivity index (χ2v) is 5.63. The molecule has 0 aliphatic rings. The van der Waals surface area contributed by atoms with E-state index in [-0.39, 0.29) is 24.8 Å². The Kier molecular flexibility index (Phi) is 8.20. The third kappa shape index (κ3) is 6.88. The average Bonchev–Trinajstić information content (AvgIpc) is 2.58. The van der Waals surface area contributed by atoms with Crippen LogP contribution in [0.5, 0.6) is 0 Å². The van der Waals surface area contributed by atoms with E-state index >= 15 is 0 Å². The van der Waals surface area contributed by atoms with Gasteiger partial charge in [0.2, 0.25) is 17.7 Å². The molecule has 0 aliphatic carbocycles. The second-order valence-electron chi connectivity index (χ2n) is 5.63. The van der Waals surface area contributed by atoms with Crippen molar-refractivity contribution in [1.29, 1.82) is 0 Å². The maximum Gasteiger partial charge on any atom is 0.305 e. The topological polar surface area (TPSA) is 128 Å². The Balaban J connectivity index is 2.86. The van der Waals surface area contributed by atoms with Crippen LogP contribution in [0.25, 0.3) is 0 Å². The van der Waals surface area contributed by atoms with E-state index in [1.807, 2.05) is 0 Å². The highest BCUT2D eigenvalue weighted by atomic mass is 19.1. The van der Waals surface area contributed by atoms with Gasteiger partial charge in [0.15, 0.2) is 0 Å². The highest BCUT2D eigenvalue weighted by molar-refractivity contribution is 5.91. The molecule has 26 heavy (non-hydrogen) atoms. The van der Waals surface area contributed by atoms with E-state index in [0.717, 1.165) is 0 Å². The zero-order chi connectivity index (χ0) is 19.7. The molecule has 3 amide bonds. The van der Waals surface area contributed by atoms with E-state index in [2.05, 4.69) is 15.4 Å². The summed E-state index contributed by atoms with van der Waals surface area (Å²) in [7, 11) is 1.20. The van der Waals surface area contributed by atoms with E-state index in [9.17, 15) is 23.6 Å². The van der Waals surface area contributed by atoms with Crippen molar-refractivity contribution in [2.24, 2.45) is 5.73 Å². The van der Waals surface area contributed by atoms with Gasteiger partial charge in [0.05, 0.1) is 7.11 Å². The van der Waals surface area contributed by atoms with Crippen LogP contribution in [0.4, 0.5) is 4.39 Å². The van der Waals surface area contributed by atoms with E-state index < -0.39 is 41.6 Å². The molecule has 0 fully saturated rings. The van der Waals surface area contributed by atoms with Crippen molar-refractivity contribution >= 4 is 23.7 Å². The Morgan fingerprint density at radius 2 is 1.81 bits per heavy atom. The monoisotopic (exact) mass is 367 g/mol. The lowest BCUT2D eigenvalue weighted by molar-refractivity contribution is -0.141. The van der Waals surface area contributed by atoms with Crippen LogP contribution in [0.2, 0.25) is 0 Å². The van der Waals surface area contributed by atoms with Gasteiger partial charge in [-0.1, -0.05) is 18.2 Å². The number of rotatable bonds is 9. The number of nitrogens with two attached hydrogens (primary N) is 1. The number of halogens is 1. The Bertz CT molecular complexity index is 680. The Labute approximate surface area is 150 Å². The summed E-state index contributed by atoms with van der Waals surface area (Å²) < 4.78 is 18.3. The predicted molar refractivity (Wildman–Crippen MR) is 90.1 cm³/mol. The van der Waals surface area contributed by atoms with Crippen LogP contribution in [-0.2, 0) is 30.3 Å². The van der Waals surface area contributed by atoms with Crippen molar-refractivity contribution in [2.75, 3.05) is 7.11 Å². The lowest BCUT2D eigenvalue weighted by atomic mass is 10.0. The molecule has 4 N–H and O–H groups in total. The molecule has 0 aliphatic heterocycles. The molecule has 0 aromatic heterocycles. The van der Waals surface area contributed by atoms with Gasteiger partial charge < -0.3 is 21.1 Å². The number of esters is 1. The third-order valence-electron chi connectivity index (χ3n) is 3.60. The molecule has 0 saturated heterocycles. The fraction of sp³-hybridized carbons (Fsp3) is 0.412. The first-order chi connectivity index (χ1) is 12.2. The van der Waals surface area contributed by atoms with E-state index in [1.54, 1.807) is 6.07 Å². The number of carbonyl (C=O) groups is 4. The number of nitrogens with one attached hydrogen (secondary N) is 2.